The molecule has 2 N–H and O–H groups in total. The zero-order valence-electron chi connectivity index (χ0n) is 9.89. The quantitative estimate of drug-likeness (QED) is 0.675. The van der Waals surface area contributed by atoms with Gasteiger partial charge < -0.3 is 20.3 Å². The predicted octanol–water partition coefficient (Wildman–Crippen LogP) is -0.733. The molecular weight excluding hydrogens is 206 g/mol. The van der Waals surface area contributed by atoms with Crippen LogP contribution in [0, 0.1) is 0 Å². The lowest BCUT2D eigenvalue weighted by Gasteiger charge is -2.33. The SMILES string of the molecule is CN1CCN(C(=O)C2CCC(CN)O2)CC1. The fourth-order valence-electron chi connectivity index (χ4n) is 2.29. The Morgan fingerprint density at radius 3 is 2.56 bits per heavy atom. The first-order valence-electron chi connectivity index (χ1n) is 6.03. The molecule has 5 nitrogen and oxygen atoms in total. The van der Waals surface area contributed by atoms with Crippen LogP contribution in [0.2, 0.25) is 0 Å². The summed E-state index contributed by atoms with van der Waals surface area (Å²) < 4.78 is 5.62. The van der Waals surface area contributed by atoms with E-state index in [1.807, 2.05) is 4.90 Å². The van der Waals surface area contributed by atoms with E-state index in [0.29, 0.717) is 6.54 Å². The minimum atomic E-state index is -0.239. The Balaban J connectivity index is 1.83. The maximum absolute atomic E-state index is 12.1. The molecule has 0 aliphatic carbocycles. The van der Waals surface area contributed by atoms with E-state index in [-0.39, 0.29) is 18.1 Å². The van der Waals surface area contributed by atoms with E-state index in [4.69, 9.17) is 10.5 Å². The number of nitrogens with zero attached hydrogens (tertiary/aromatic N) is 2. The van der Waals surface area contributed by atoms with Crippen molar-refractivity contribution in [2.75, 3.05) is 39.8 Å². The Bertz CT molecular complexity index is 248. The van der Waals surface area contributed by atoms with Crippen LogP contribution in [0.3, 0.4) is 0 Å². The molecule has 16 heavy (non-hydrogen) atoms. The summed E-state index contributed by atoms with van der Waals surface area (Å²) in [6, 6.07) is 0. The van der Waals surface area contributed by atoms with Gasteiger partial charge >= 0.3 is 0 Å². The number of amides is 1. The number of hydrogen-bond acceptors (Lipinski definition) is 4. The van der Waals surface area contributed by atoms with Crippen LogP contribution < -0.4 is 5.73 Å². The average Bonchev–Trinajstić information content (AvgIpc) is 2.77. The molecule has 1 amide bonds. The molecule has 0 aromatic rings. The van der Waals surface area contributed by atoms with Gasteiger partial charge in [0.2, 0.25) is 0 Å². The lowest BCUT2D eigenvalue weighted by Crippen LogP contribution is -2.50. The number of hydrogen-bond donors (Lipinski definition) is 1. The number of likely N-dealkylation sites (N-methyl/N-ethyl adjacent to an activating group) is 1. The van der Waals surface area contributed by atoms with E-state index < -0.39 is 0 Å². The molecule has 92 valence electrons. The van der Waals surface area contributed by atoms with E-state index in [9.17, 15) is 4.79 Å². The topological polar surface area (TPSA) is 58.8 Å². The van der Waals surface area contributed by atoms with Gasteiger partial charge in [0.25, 0.3) is 5.91 Å². The highest BCUT2D eigenvalue weighted by atomic mass is 16.5. The molecular formula is C11H21N3O2. The molecule has 2 saturated heterocycles. The number of rotatable bonds is 2. The zero-order chi connectivity index (χ0) is 11.5. The van der Waals surface area contributed by atoms with Crippen molar-refractivity contribution in [2.45, 2.75) is 25.0 Å². The van der Waals surface area contributed by atoms with Crippen molar-refractivity contribution < 1.29 is 9.53 Å². The van der Waals surface area contributed by atoms with Gasteiger partial charge in [0.15, 0.2) is 0 Å². The Morgan fingerprint density at radius 2 is 2.00 bits per heavy atom. The van der Waals surface area contributed by atoms with Crippen molar-refractivity contribution in [3.63, 3.8) is 0 Å². The Labute approximate surface area is 96.5 Å². The second-order valence-corrected chi connectivity index (χ2v) is 4.69. The van der Waals surface area contributed by atoms with Crippen molar-refractivity contribution in [2.24, 2.45) is 5.73 Å². The molecule has 0 aromatic carbocycles. The zero-order valence-corrected chi connectivity index (χ0v) is 9.89. The third-order valence-corrected chi connectivity index (χ3v) is 3.46. The molecule has 2 heterocycles. The van der Waals surface area contributed by atoms with Crippen molar-refractivity contribution >= 4 is 5.91 Å². The van der Waals surface area contributed by atoms with E-state index in [2.05, 4.69) is 11.9 Å². The van der Waals surface area contributed by atoms with Crippen molar-refractivity contribution in [3.8, 4) is 0 Å². The van der Waals surface area contributed by atoms with Gasteiger partial charge in [-0.25, -0.2) is 0 Å². The summed E-state index contributed by atoms with van der Waals surface area (Å²) in [7, 11) is 2.08. The third kappa shape index (κ3) is 2.53. The van der Waals surface area contributed by atoms with Gasteiger partial charge in [-0.05, 0) is 19.9 Å². The van der Waals surface area contributed by atoms with Crippen LogP contribution in [0.15, 0.2) is 0 Å². The van der Waals surface area contributed by atoms with Crippen molar-refractivity contribution in [3.05, 3.63) is 0 Å². The lowest BCUT2D eigenvalue weighted by atomic mass is 10.1. The van der Waals surface area contributed by atoms with Crippen LogP contribution in [0.25, 0.3) is 0 Å². The van der Waals surface area contributed by atoms with Crippen LogP contribution >= 0.6 is 0 Å². The Kier molecular flexibility index (Phi) is 3.78. The minimum Gasteiger partial charge on any atom is -0.364 e. The average molecular weight is 227 g/mol. The van der Waals surface area contributed by atoms with Crippen LogP contribution in [0.4, 0.5) is 0 Å². The van der Waals surface area contributed by atoms with E-state index in [1.165, 1.54) is 0 Å². The normalized spacial score (nSPS) is 32.0. The van der Waals surface area contributed by atoms with Crippen LogP contribution in [-0.4, -0.2) is 67.7 Å². The molecule has 2 rings (SSSR count). The molecule has 2 unspecified atom stereocenters. The van der Waals surface area contributed by atoms with Gasteiger partial charge in [0.1, 0.15) is 6.10 Å². The van der Waals surface area contributed by atoms with Crippen LogP contribution in [-0.2, 0) is 9.53 Å². The molecule has 2 aliphatic heterocycles. The molecule has 0 bridgehead atoms. The fraction of sp³-hybridized carbons (Fsp3) is 0.909. The van der Waals surface area contributed by atoms with Crippen LogP contribution in [0.5, 0.6) is 0 Å². The van der Waals surface area contributed by atoms with Gasteiger partial charge in [-0.1, -0.05) is 0 Å². The maximum atomic E-state index is 12.1. The van der Waals surface area contributed by atoms with Gasteiger partial charge in [0, 0.05) is 32.7 Å². The van der Waals surface area contributed by atoms with Gasteiger partial charge in [-0.2, -0.15) is 0 Å². The summed E-state index contributed by atoms with van der Waals surface area (Å²) in [4.78, 5) is 16.3. The van der Waals surface area contributed by atoms with Crippen molar-refractivity contribution in [1.29, 1.82) is 0 Å². The number of carbonyl (C=O) groups excluding carboxylic acids is 1. The smallest absolute Gasteiger partial charge is 0.251 e. The molecule has 2 atom stereocenters. The molecule has 0 aromatic heterocycles. The summed E-state index contributed by atoms with van der Waals surface area (Å²) in [6.07, 6.45) is 1.59. The van der Waals surface area contributed by atoms with Gasteiger partial charge in [0.05, 0.1) is 6.10 Å². The summed E-state index contributed by atoms with van der Waals surface area (Å²) in [6.45, 7) is 4.08. The monoisotopic (exact) mass is 227 g/mol. The van der Waals surface area contributed by atoms with E-state index in [0.717, 1.165) is 39.0 Å². The number of piperazine rings is 1. The second-order valence-electron chi connectivity index (χ2n) is 4.69. The Morgan fingerprint density at radius 1 is 1.31 bits per heavy atom. The van der Waals surface area contributed by atoms with Gasteiger partial charge in [-0.3, -0.25) is 4.79 Å². The minimum absolute atomic E-state index is 0.0846. The first kappa shape index (κ1) is 11.8. The molecule has 0 saturated carbocycles. The lowest BCUT2D eigenvalue weighted by molar-refractivity contribution is -0.144. The summed E-state index contributed by atoms with van der Waals surface area (Å²) in [5.41, 5.74) is 5.54. The largest absolute Gasteiger partial charge is 0.364 e. The number of ether oxygens (including phenoxy) is 1. The highest BCUT2D eigenvalue weighted by Crippen LogP contribution is 2.21. The highest BCUT2D eigenvalue weighted by molar-refractivity contribution is 5.81. The number of carbonyl (C=O) groups is 1. The molecule has 2 fully saturated rings. The first-order valence-corrected chi connectivity index (χ1v) is 6.03. The third-order valence-electron chi connectivity index (χ3n) is 3.46. The standard InChI is InChI=1S/C11H21N3O2/c1-13-4-6-14(7-5-13)11(15)10-3-2-9(8-12)16-10/h9-10H,2-8,12H2,1H3. The summed E-state index contributed by atoms with van der Waals surface area (Å²) >= 11 is 0. The first-order chi connectivity index (χ1) is 7.70. The molecule has 0 spiro atoms. The molecule has 0 radical (unpaired) electrons. The fourth-order valence-corrected chi connectivity index (χ4v) is 2.29. The molecule has 2 aliphatic rings. The molecule has 5 heteroatoms. The predicted molar refractivity (Wildman–Crippen MR) is 61.0 cm³/mol. The van der Waals surface area contributed by atoms with Crippen LogP contribution in [0.1, 0.15) is 12.8 Å². The summed E-state index contributed by atoms with van der Waals surface area (Å²) in [5, 5.41) is 0. The van der Waals surface area contributed by atoms with Crippen molar-refractivity contribution in [1.82, 2.24) is 9.80 Å². The second kappa shape index (κ2) is 5.12. The maximum Gasteiger partial charge on any atom is 0.251 e. The van der Waals surface area contributed by atoms with E-state index in [1.54, 1.807) is 0 Å². The summed E-state index contributed by atoms with van der Waals surface area (Å²) in [5.74, 6) is 0.157. The Hall–Kier alpha value is -0.650. The number of nitrogens with two attached hydrogens (primary N) is 1. The highest BCUT2D eigenvalue weighted by Gasteiger charge is 2.33. The van der Waals surface area contributed by atoms with E-state index >= 15 is 0 Å². The van der Waals surface area contributed by atoms with Gasteiger partial charge in [-0.15, -0.1) is 0 Å².